The zero-order valence-electron chi connectivity index (χ0n) is 9.49. The van der Waals surface area contributed by atoms with Crippen LogP contribution in [0.1, 0.15) is 46.5 Å². The van der Waals surface area contributed by atoms with E-state index >= 15 is 0 Å². The summed E-state index contributed by atoms with van der Waals surface area (Å²) in [4.78, 5) is 2.74. The minimum absolute atomic E-state index is 0.122. The number of ether oxygens (including phenoxy) is 1. The lowest BCUT2D eigenvalue weighted by Gasteiger charge is -2.28. The summed E-state index contributed by atoms with van der Waals surface area (Å²) in [6, 6.07) is 0. The number of nitrogens with zero attached hydrogens (tertiary/aromatic N) is 3. The van der Waals surface area contributed by atoms with E-state index in [9.17, 15) is 0 Å². The molecule has 4 heteroatoms. The summed E-state index contributed by atoms with van der Waals surface area (Å²) in [6.07, 6.45) is 4.00. The van der Waals surface area contributed by atoms with Gasteiger partial charge >= 0.3 is 0 Å². The van der Waals surface area contributed by atoms with Gasteiger partial charge in [-0.3, -0.25) is 0 Å². The molecule has 0 aromatic carbocycles. The van der Waals surface area contributed by atoms with Gasteiger partial charge in [0.2, 0.25) is 0 Å². The molecule has 82 valence electrons. The summed E-state index contributed by atoms with van der Waals surface area (Å²) < 4.78 is 5.78. The first-order valence-electron chi connectivity index (χ1n) is 5.33. The van der Waals surface area contributed by atoms with Gasteiger partial charge in [0, 0.05) is 18.1 Å². The molecule has 0 radical (unpaired) electrons. The van der Waals surface area contributed by atoms with E-state index in [4.69, 9.17) is 10.3 Å². The molecule has 1 unspecified atom stereocenters. The van der Waals surface area contributed by atoms with Crippen molar-refractivity contribution in [3.05, 3.63) is 10.4 Å². The van der Waals surface area contributed by atoms with E-state index in [0.29, 0.717) is 6.54 Å². The van der Waals surface area contributed by atoms with E-state index in [1.165, 1.54) is 0 Å². The molecule has 0 amide bonds. The van der Waals surface area contributed by atoms with Crippen molar-refractivity contribution in [3.8, 4) is 0 Å². The van der Waals surface area contributed by atoms with Crippen molar-refractivity contribution in [1.82, 2.24) is 0 Å². The molecule has 0 aliphatic heterocycles. The Morgan fingerprint density at radius 1 is 1.43 bits per heavy atom. The standard InChI is InChI=1S/C10H21N3O/c1-4-6-9-14-10(3,5-2)7-8-12-13-11/h4-9H2,1-3H3. The van der Waals surface area contributed by atoms with Crippen molar-refractivity contribution in [2.24, 2.45) is 5.11 Å². The van der Waals surface area contributed by atoms with Crippen molar-refractivity contribution in [2.45, 2.75) is 52.1 Å². The highest BCUT2D eigenvalue weighted by molar-refractivity contribution is 4.74. The van der Waals surface area contributed by atoms with Crippen LogP contribution in [-0.2, 0) is 4.74 Å². The van der Waals surface area contributed by atoms with Gasteiger partial charge in [0.1, 0.15) is 0 Å². The summed E-state index contributed by atoms with van der Waals surface area (Å²) in [5.41, 5.74) is 8.05. The van der Waals surface area contributed by atoms with Crippen LogP contribution in [0.3, 0.4) is 0 Å². The van der Waals surface area contributed by atoms with Gasteiger partial charge in [0.05, 0.1) is 5.60 Å². The first-order chi connectivity index (χ1) is 6.68. The topological polar surface area (TPSA) is 58.0 Å². The van der Waals surface area contributed by atoms with Gasteiger partial charge in [0.15, 0.2) is 0 Å². The Bertz CT molecular complexity index is 190. The van der Waals surface area contributed by atoms with E-state index < -0.39 is 0 Å². The highest BCUT2D eigenvalue weighted by Gasteiger charge is 2.21. The zero-order chi connectivity index (χ0) is 10.9. The number of azide groups is 1. The number of hydrogen-bond acceptors (Lipinski definition) is 2. The van der Waals surface area contributed by atoms with Crippen molar-refractivity contribution in [2.75, 3.05) is 13.2 Å². The molecule has 0 aromatic rings. The fourth-order valence-corrected chi connectivity index (χ4v) is 1.15. The molecule has 0 rings (SSSR count). The SMILES string of the molecule is CCCCOC(C)(CC)CCN=[N+]=[N-]. The third-order valence-electron chi connectivity index (χ3n) is 2.50. The summed E-state index contributed by atoms with van der Waals surface area (Å²) in [7, 11) is 0. The summed E-state index contributed by atoms with van der Waals surface area (Å²) in [5, 5.41) is 3.53. The van der Waals surface area contributed by atoms with Crippen LogP contribution in [0.5, 0.6) is 0 Å². The Morgan fingerprint density at radius 3 is 2.64 bits per heavy atom. The maximum Gasteiger partial charge on any atom is 0.0653 e. The van der Waals surface area contributed by atoms with Crippen molar-refractivity contribution in [1.29, 1.82) is 0 Å². The molecule has 0 bridgehead atoms. The predicted molar refractivity (Wildman–Crippen MR) is 58.2 cm³/mol. The van der Waals surface area contributed by atoms with E-state index in [0.717, 1.165) is 32.3 Å². The van der Waals surface area contributed by atoms with E-state index in [1.807, 2.05) is 0 Å². The van der Waals surface area contributed by atoms with E-state index in [1.54, 1.807) is 0 Å². The molecule has 1 atom stereocenters. The van der Waals surface area contributed by atoms with Crippen molar-refractivity contribution in [3.63, 3.8) is 0 Å². The Labute approximate surface area is 86.3 Å². The number of rotatable bonds is 8. The van der Waals surface area contributed by atoms with E-state index in [2.05, 4.69) is 30.8 Å². The van der Waals surface area contributed by atoms with E-state index in [-0.39, 0.29) is 5.60 Å². The average Bonchev–Trinajstić information content (AvgIpc) is 2.19. The van der Waals surface area contributed by atoms with Gasteiger partial charge in [-0.1, -0.05) is 25.4 Å². The van der Waals surface area contributed by atoms with Crippen LogP contribution in [0.25, 0.3) is 10.4 Å². The molecule has 0 heterocycles. The quantitative estimate of drug-likeness (QED) is 0.254. The fourth-order valence-electron chi connectivity index (χ4n) is 1.15. The van der Waals surface area contributed by atoms with Crippen LogP contribution in [-0.4, -0.2) is 18.8 Å². The van der Waals surface area contributed by atoms with Crippen molar-refractivity contribution < 1.29 is 4.74 Å². The molecular formula is C10H21N3O. The largest absolute Gasteiger partial charge is 0.375 e. The molecule has 0 fully saturated rings. The van der Waals surface area contributed by atoms with Crippen LogP contribution >= 0.6 is 0 Å². The van der Waals surface area contributed by atoms with Crippen molar-refractivity contribution >= 4 is 0 Å². The minimum Gasteiger partial charge on any atom is -0.375 e. The van der Waals surface area contributed by atoms with Gasteiger partial charge in [-0.05, 0) is 31.7 Å². The second-order valence-electron chi connectivity index (χ2n) is 3.71. The molecule has 0 aliphatic carbocycles. The molecular weight excluding hydrogens is 178 g/mol. The first-order valence-corrected chi connectivity index (χ1v) is 5.33. The Morgan fingerprint density at radius 2 is 2.14 bits per heavy atom. The van der Waals surface area contributed by atoms with Crippen LogP contribution in [0.15, 0.2) is 5.11 Å². The smallest absolute Gasteiger partial charge is 0.0653 e. The lowest BCUT2D eigenvalue weighted by atomic mass is 9.99. The molecule has 0 N–H and O–H groups in total. The fraction of sp³-hybridized carbons (Fsp3) is 1.00. The Hall–Kier alpha value is -0.730. The summed E-state index contributed by atoms with van der Waals surface area (Å²) >= 11 is 0. The Balaban J connectivity index is 3.84. The molecule has 0 aromatic heterocycles. The highest BCUT2D eigenvalue weighted by atomic mass is 16.5. The first kappa shape index (κ1) is 13.3. The maximum atomic E-state index is 8.17. The Kier molecular flexibility index (Phi) is 7.25. The normalized spacial score (nSPS) is 14.5. The molecule has 14 heavy (non-hydrogen) atoms. The minimum atomic E-state index is -0.122. The van der Waals surface area contributed by atoms with Crippen LogP contribution in [0.4, 0.5) is 0 Å². The zero-order valence-corrected chi connectivity index (χ0v) is 9.49. The second kappa shape index (κ2) is 7.65. The van der Waals surface area contributed by atoms with Crippen LogP contribution < -0.4 is 0 Å². The van der Waals surface area contributed by atoms with Crippen LogP contribution in [0, 0.1) is 0 Å². The third kappa shape index (κ3) is 5.84. The second-order valence-corrected chi connectivity index (χ2v) is 3.71. The van der Waals surface area contributed by atoms with Gasteiger partial charge < -0.3 is 4.74 Å². The van der Waals surface area contributed by atoms with Crippen LogP contribution in [0.2, 0.25) is 0 Å². The maximum absolute atomic E-state index is 8.17. The summed E-state index contributed by atoms with van der Waals surface area (Å²) in [6.45, 7) is 7.65. The lowest BCUT2D eigenvalue weighted by molar-refractivity contribution is -0.0396. The number of hydrogen-bond donors (Lipinski definition) is 0. The highest BCUT2D eigenvalue weighted by Crippen LogP contribution is 2.20. The molecule has 0 saturated carbocycles. The third-order valence-corrected chi connectivity index (χ3v) is 2.50. The molecule has 0 saturated heterocycles. The van der Waals surface area contributed by atoms with Gasteiger partial charge in [-0.2, -0.15) is 0 Å². The molecule has 4 nitrogen and oxygen atoms in total. The number of unbranched alkanes of at least 4 members (excludes halogenated alkanes) is 1. The lowest BCUT2D eigenvalue weighted by Crippen LogP contribution is -2.29. The summed E-state index contributed by atoms with van der Waals surface area (Å²) in [5.74, 6) is 0. The molecule has 0 spiro atoms. The predicted octanol–water partition coefficient (Wildman–Crippen LogP) is 3.67. The average molecular weight is 199 g/mol. The van der Waals surface area contributed by atoms with Gasteiger partial charge in [0.25, 0.3) is 0 Å². The van der Waals surface area contributed by atoms with Gasteiger partial charge in [-0.15, -0.1) is 0 Å². The monoisotopic (exact) mass is 199 g/mol. The van der Waals surface area contributed by atoms with Gasteiger partial charge in [-0.25, -0.2) is 0 Å². The molecule has 0 aliphatic rings.